The largest absolute Gasteiger partial charge is 0.497 e. The van der Waals surface area contributed by atoms with E-state index in [2.05, 4.69) is 0 Å². The van der Waals surface area contributed by atoms with Crippen molar-refractivity contribution in [3.05, 3.63) is 24.3 Å². The molecule has 2 heterocycles. The molecule has 3 rings (SSSR count). The van der Waals surface area contributed by atoms with Gasteiger partial charge in [-0.3, -0.25) is 9.59 Å². The molecule has 0 bridgehead atoms. The summed E-state index contributed by atoms with van der Waals surface area (Å²) in [7, 11) is 1.64. The zero-order valence-electron chi connectivity index (χ0n) is 14.8. The molecule has 2 saturated heterocycles. The third kappa shape index (κ3) is 4.65. The fourth-order valence-corrected chi connectivity index (χ4v) is 3.45. The van der Waals surface area contributed by atoms with Crippen LogP contribution in [0.4, 0.5) is 0 Å². The molecule has 0 radical (unpaired) electrons. The Bertz CT molecular complexity index is 602. The molecular weight excluding hydrogens is 320 g/mol. The molecule has 0 N–H and O–H groups in total. The van der Waals surface area contributed by atoms with Gasteiger partial charge in [0.2, 0.25) is 11.8 Å². The number of carbonyl (C=O) groups excluding carboxylic acids is 2. The molecule has 0 saturated carbocycles. The smallest absolute Gasteiger partial charge is 0.242 e. The van der Waals surface area contributed by atoms with Crippen LogP contribution < -0.4 is 9.47 Å². The Morgan fingerprint density at radius 3 is 2.60 bits per heavy atom. The van der Waals surface area contributed by atoms with Crippen molar-refractivity contribution >= 4 is 11.8 Å². The first kappa shape index (κ1) is 17.6. The monoisotopic (exact) mass is 346 g/mol. The number of methoxy groups -OCH3 is 1. The van der Waals surface area contributed by atoms with Crippen LogP contribution in [0, 0.1) is 5.92 Å². The lowest BCUT2D eigenvalue weighted by Crippen LogP contribution is -2.46. The molecule has 136 valence electrons. The van der Waals surface area contributed by atoms with E-state index in [9.17, 15) is 9.59 Å². The Balaban J connectivity index is 1.46. The van der Waals surface area contributed by atoms with Crippen LogP contribution in [0.15, 0.2) is 24.3 Å². The van der Waals surface area contributed by atoms with Crippen LogP contribution in [0.1, 0.15) is 25.7 Å². The first-order valence-corrected chi connectivity index (χ1v) is 8.98. The van der Waals surface area contributed by atoms with E-state index >= 15 is 0 Å². The predicted molar refractivity (Wildman–Crippen MR) is 93.6 cm³/mol. The summed E-state index contributed by atoms with van der Waals surface area (Å²) in [6.45, 7) is 3.02. The summed E-state index contributed by atoms with van der Waals surface area (Å²) in [5.41, 5.74) is 0. The van der Waals surface area contributed by atoms with E-state index in [-0.39, 0.29) is 18.4 Å². The molecule has 1 unspecified atom stereocenters. The van der Waals surface area contributed by atoms with Crippen LogP contribution >= 0.6 is 0 Å². The highest BCUT2D eigenvalue weighted by Crippen LogP contribution is 2.21. The minimum Gasteiger partial charge on any atom is -0.497 e. The van der Waals surface area contributed by atoms with Gasteiger partial charge in [-0.2, -0.15) is 0 Å². The second-order valence-corrected chi connectivity index (χ2v) is 6.75. The Morgan fingerprint density at radius 2 is 1.92 bits per heavy atom. The summed E-state index contributed by atoms with van der Waals surface area (Å²) in [5.74, 6) is 2.10. The first-order valence-electron chi connectivity index (χ1n) is 8.98. The molecule has 1 aromatic carbocycles. The van der Waals surface area contributed by atoms with Crippen LogP contribution in [-0.2, 0) is 9.59 Å². The number of rotatable bonds is 6. The molecule has 25 heavy (non-hydrogen) atoms. The molecule has 2 amide bonds. The highest BCUT2D eigenvalue weighted by molar-refractivity contribution is 5.85. The van der Waals surface area contributed by atoms with Crippen molar-refractivity contribution in [2.24, 2.45) is 5.92 Å². The highest BCUT2D eigenvalue weighted by atomic mass is 16.5. The maximum absolute atomic E-state index is 12.5. The highest BCUT2D eigenvalue weighted by Gasteiger charge is 2.28. The second kappa shape index (κ2) is 8.23. The van der Waals surface area contributed by atoms with Gasteiger partial charge in [-0.15, -0.1) is 0 Å². The zero-order chi connectivity index (χ0) is 17.6. The van der Waals surface area contributed by atoms with E-state index in [1.807, 2.05) is 29.2 Å². The summed E-state index contributed by atoms with van der Waals surface area (Å²) in [6, 6.07) is 7.53. The number of nitrogens with zero attached hydrogens (tertiary/aromatic N) is 2. The normalized spacial score (nSPS) is 20.7. The van der Waals surface area contributed by atoms with Gasteiger partial charge in [-0.05, 0) is 43.5 Å². The lowest BCUT2D eigenvalue weighted by atomic mass is 9.99. The van der Waals surface area contributed by atoms with E-state index in [4.69, 9.17) is 9.47 Å². The quantitative estimate of drug-likeness (QED) is 0.790. The molecule has 6 nitrogen and oxygen atoms in total. The van der Waals surface area contributed by atoms with Gasteiger partial charge in [0.05, 0.1) is 20.3 Å². The first-order chi connectivity index (χ1) is 12.2. The topological polar surface area (TPSA) is 59.1 Å². The van der Waals surface area contributed by atoms with Gasteiger partial charge in [-0.1, -0.05) is 0 Å². The summed E-state index contributed by atoms with van der Waals surface area (Å²) < 4.78 is 11.0. The van der Waals surface area contributed by atoms with Gasteiger partial charge in [0, 0.05) is 32.0 Å². The molecule has 2 aliphatic heterocycles. The number of hydrogen-bond acceptors (Lipinski definition) is 4. The summed E-state index contributed by atoms with van der Waals surface area (Å²) in [6.07, 6.45) is 3.48. The van der Waals surface area contributed by atoms with Gasteiger partial charge in [0.1, 0.15) is 11.5 Å². The Morgan fingerprint density at radius 1 is 1.16 bits per heavy atom. The van der Waals surface area contributed by atoms with Gasteiger partial charge in [0.25, 0.3) is 0 Å². The molecule has 1 atom stereocenters. The lowest BCUT2D eigenvalue weighted by molar-refractivity contribution is -0.139. The number of piperidine rings is 1. The summed E-state index contributed by atoms with van der Waals surface area (Å²) >= 11 is 0. The Hall–Kier alpha value is -2.24. The number of ether oxygens (including phenoxy) is 2. The molecule has 6 heteroatoms. The molecular formula is C19H26N2O4. The number of likely N-dealkylation sites (tertiary alicyclic amines) is 2. The Labute approximate surface area is 148 Å². The lowest BCUT2D eigenvalue weighted by Gasteiger charge is -2.33. The number of hydrogen-bond donors (Lipinski definition) is 0. The van der Waals surface area contributed by atoms with Crippen LogP contribution in [0.5, 0.6) is 11.5 Å². The van der Waals surface area contributed by atoms with Gasteiger partial charge in [0.15, 0.2) is 0 Å². The minimum absolute atomic E-state index is 0.0596. The van der Waals surface area contributed by atoms with Crippen molar-refractivity contribution in [1.82, 2.24) is 9.80 Å². The summed E-state index contributed by atoms with van der Waals surface area (Å²) in [5, 5.41) is 0. The van der Waals surface area contributed by atoms with Gasteiger partial charge < -0.3 is 19.3 Å². The zero-order valence-corrected chi connectivity index (χ0v) is 14.8. The average Bonchev–Trinajstić information content (AvgIpc) is 3.05. The number of amides is 2. The van der Waals surface area contributed by atoms with Gasteiger partial charge in [-0.25, -0.2) is 0 Å². The number of carbonyl (C=O) groups is 2. The van der Waals surface area contributed by atoms with Crippen molar-refractivity contribution in [1.29, 1.82) is 0 Å². The maximum atomic E-state index is 12.5. The fraction of sp³-hybridized carbons (Fsp3) is 0.579. The second-order valence-electron chi connectivity index (χ2n) is 6.75. The van der Waals surface area contributed by atoms with Crippen molar-refractivity contribution in [2.75, 3.05) is 39.9 Å². The van der Waals surface area contributed by atoms with E-state index in [0.717, 1.165) is 37.3 Å². The van der Waals surface area contributed by atoms with Crippen molar-refractivity contribution in [3.63, 3.8) is 0 Å². The maximum Gasteiger partial charge on any atom is 0.242 e. The molecule has 1 aromatic rings. The van der Waals surface area contributed by atoms with Crippen molar-refractivity contribution in [2.45, 2.75) is 25.7 Å². The average molecular weight is 346 g/mol. The van der Waals surface area contributed by atoms with Crippen molar-refractivity contribution in [3.8, 4) is 11.5 Å². The molecule has 0 aliphatic carbocycles. The molecule has 0 spiro atoms. The van der Waals surface area contributed by atoms with E-state index in [1.54, 1.807) is 12.0 Å². The molecule has 0 aromatic heterocycles. The van der Waals surface area contributed by atoms with E-state index < -0.39 is 0 Å². The van der Waals surface area contributed by atoms with Crippen LogP contribution in [0.25, 0.3) is 0 Å². The SMILES string of the molecule is COc1ccc(OCC2CCCN(C(=O)CN3CCCC3=O)C2)cc1. The predicted octanol–water partition coefficient (Wildman–Crippen LogP) is 1.93. The van der Waals surface area contributed by atoms with Gasteiger partial charge >= 0.3 is 0 Å². The van der Waals surface area contributed by atoms with Crippen LogP contribution in [0.2, 0.25) is 0 Å². The summed E-state index contributed by atoms with van der Waals surface area (Å²) in [4.78, 5) is 27.7. The molecule has 2 aliphatic rings. The van der Waals surface area contributed by atoms with Crippen molar-refractivity contribution < 1.29 is 19.1 Å². The van der Waals surface area contributed by atoms with Crippen LogP contribution in [0.3, 0.4) is 0 Å². The van der Waals surface area contributed by atoms with E-state index in [1.165, 1.54) is 0 Å². The third-order valence-electron chi connectivity index (χ3n) is 4.91. The van der Waals surface area contributed by atoms with Crippen LogP contribution in [-0.4, -0.2) is 61.5 Å². The standard InChI is InChI=1S/C19H26N2O4/c1-24-16-6-8-17(9-7-16)25-14-15-4-2-10-20(12-15)19(23)13-21-11-3-5-18(21)22/h6-9,15H,2-5,10-14H2,1H3. The minimum atomic E-state index is 0.0596. The third-order valence-corrected chi connectivity index (χ3v) is 4.91. The fourth-order valence-electron chi connectivity index (χ4n) is 3.45. The Kier molecular flexibility index (Phi) is 5.79. The van der Waals surface area contributed by atoms with E-state index in [0.29, 0.717) is 32.0 Å². The number of benzene rings is 1. The molecule has 2 fully saturated rings.